The Balaban J connectivity index is 1.88. The predicted octanol–water partition coefficient (Wildman–Crippen LogP) is 2.55. The lowest BCUT2D eigenvalue weighted by atomic mass is 10.1. The minimum Gasteiger partial charge on any atom is -0.497 e. The maximum atomic E-state index is 6.03. The van der Waals surface area contributed by atoms with Crippen LogP contribution in [0.25, 0.3) is 0 Å². The Bertz CT molecular complexity index is 542. The molecule has 1 aromatic carbocycles. The molecule has 0 spiro atoms. The number of likely N-dealkylation sites (tertiary alicyclic amines) is 1. The molecule has 3 N–H and O–H groups in total. The molecule has 0 aromatic heterocycles. The van der Waals surface area contributed by atoms with Gasteiger partial charge < -0.3 is 25.4 Å². The number of methoxy groups -OCH3 is 2. The van der Waals surface area contributed by atoms with Crippen molar-refractivity contribution in [2.45, 2.75) is 26.2 Å². The summed E-state index contributed by atoms with van der Waals surface area (Å²) < 4.78 is 10.6. The molecule has 1 aliphatic rings. The number of guanidine groups is 1. The Morgan fingerprint density at radius 1 is 1.25 bits per heavy atom. The highest BCUT2D eigenvalue weighted by Gasteiger charge is 2.13. The third kappa shape index (κ3) is 5.60. The van der Waals surface area contributed by atoms with E-state index in [1.807, 2.05) is 18.2 Å². The average Bonchev–Trinajstić information content (AvgIpc) is 2.60. The Hall–Kier alpha value is -1.95. The highest BCUT2D eigenvalue weighted by atomic mass is 16.5. The zero-order chi connectivity index (χ0) is 17.4. The maximum absolute atomic E-state index is 6.03. The van der Waals surface area contributed by atoms with Crippen molar-refractivity contribution in [3.63, 3.8) is 0 Å². The van der Waals surface area contributed by atoms with Gasteiger partial charge in [-0.2, -0.15) is 0 Å². The fraction of sp³-hybridized carbons (Fsp3) is 0.611. The third-order valence-corrected chi connectivity index (χ3v) is 4.26. The molecule has 1 saturated heterocycles. The summed E-state index contributed by atoms with van der Waals surface area (Å²) >= 11 is 0. The van der Waals surface area contributed by atoms with Gasteiger partial charge in [0, 0.05) is 19.2 Å². The molecule has 1 fully saturated rings. The first kappa shape index (κ1) is 18.4. The Kier molecular flexibility index (Phi) is 7.18. The van der Waals surface area contributed by atoms with Crippen LogP contribution in [-0.2, 0) is 0 Å². The second kappa shape index (κ2) is 9.37. The highest BCUT2D eigenvalue weighted by molar-refractivity contribution is 5.94. The number of benzene rings is 1. The van der Waals surface area contributed by atoms with Crippen molar-refractivity contribution in [1.82, 2.24) is 4.90 Å². The molecule has 1 heterocycles. The number of rotatable bonds is 7. The van der Waals surface area contributed by atoms with Crippen LogP contribution in [0.15, 0.2) is 23.2 Å². The molecule has 1 atom stereocenters. The Labute approximate surface area is 145 Å². The van der Waals surface area contributed by atoms with E-state index in [0.717, 1.165) is 18.0 Å². The van der Waals surface area contributed by atoms with Crippen LogP contribution in [-0.4, -0.2) is 51.3 Å². The van der Waals surface area contributed by atoms with Crippen molar-refractivity contribution in [2.75, 3.05) is 45.7 Å². The topological polar surface area (TPSA) is 72.1 Å². The monoisotopic (exact) mass is 334 g/mol. The normalized spacial score (nSPS) is 17.4. The molecule has 6 nitrogen and oxygen atoms in total. The molecule has 0 saturated carbocycles. The van der Waals surface area contributed by atoms with E-state index in [9.17, 15) is 0 Å². The van der Waals surface area contributed by atoms with E-state index in [1.54, 1.807) is 14.2 Å². The molecule has 1 aliphatic heterocycles. The molecule has 24 heavy (non-hydrogen) atoms. The molecule has 0 amide bonds. The first-order chi connectivity index (χ1) is 11.6. The number of ether oxygens (including phenoxy) is 2. The fourth-order valence-electron chi connectivity index (χ4n) is 2.98. The van der Waals surface area contributed by atoms with Gasteiger partial charge in [0.2, 0.25) is 0 Å². The standard InChI is InChI=1S/C18H30N4O2/c1-14(13-22-9-5-4-6-10-22)12-20-18(19)21-16-11-15(23-2)7-8-17(16)24-3/h7-8,11,14H,4-6,9-10,12-13H2,1-3H3,(H3,19,20,21). The number of anilines is 1. The van der Waals surface area contributed by atoms with Gasteiger partial charge in [-0.05, 0) is 44.0 Å². The summed E-state index contributed by atoms with van der Waals surface area (Å²) in [5, 5.41) is 3.10. The van der Waals surface area contributed by atoms with Crippen LogP contribution in [0, 0.1) is 5.92 Å². The molecule has 1 unspecified atom stereocenters. The summed E-state index contributed by atoms with van der Waals surface area (Å²) in [5.74, 6) is 2.32. The van der Waals surface area contributed by atoms with Gasteiger partial charge in [-0.1, -0.05) is 13.3 Å². The second-order valence-electron chi connectivity index (χ2n) is 6.38. The van der Waals surface area contributed by atoms with Crippen LogP contribution >= 0.6 is 0 Å². The number of nitrogens with zero attached hydrogens (tertiary/aromatic N) is 2. The molecule has 0 bridgehead atoms. The van der Waals surface area contributed by atoms with E-state index < -0.39 is 0 Å². The van der Waals surface area contributed by atoms with Gasteiger partial charge in [0.05, 0.1) is 19.9 Å². The minimum absolute atomic E-state index is 0.395. The van der Waals surface area contributed by atoms with Crippen molar-refractivity contribution in [3.8, 4) is 11.5 Å². The Morgan fingerprint density at radius 2 is 2.00 bits per heavy atom. The summed E-state index contributed by atoms with van der Waals surface area (Å²) in [6, 6.07) is 5.53. The molecular formula is C18H30N4O2. The van der Waals surface area contributed by atoms with E-state index >= 15 is 0 Å². The van der Waals surface area contributed by atoms with E-state index in [2.05, 4.69) is 22.1 Å². The zero-order valence-corrected chi connectivity index (χ0v) is 15.0. The van der Waals surface area contributed by atoms with Crippen LogP contribution in [0.2, 0.25) is 0 Å². The van der Waals surface area contributed by atoms with Crippen LogP contribution in [0.1, 0.15) is 26.2 Å². The summed E-state index contributed by atoms with van der Waals surface area (Å²) in [7, 11) is 3.26. The van der Waals surface area contributed by atoms with Gasteiger partial charge in [-0.15, -0.1) is 0 Å². The van der Waals surface area contributed by atoms with Crippen molar-refractivity contribution < 1.29 is 9.47 Å². The lowest BCUT2D eigenvalue weighted by Crippen LogP contribution is -2.34. The van der Waals surface area contributed by atoms with Crippen molar-refractivity contribution in [1.29, 1.82) is 0 Å². The lowest BCUT2D eigenvalue weighted by molar-refractivity contribution is 0.203. The number of hydrogen-bond donors (Lipinski definition) is 2. The van der Waals surface area contributed by atoms with E-state index in [0.29, 0.717) is 24.2 Å². The van der Waals surface area contributed by atoms with Crippen LogP contribution < -0.4 is 20.5 Å². The van der Waals surface area contributed by atoms with E-state index in [1.165, 1.54) is 32.4 Å². The van der Waals surface area contributed by atoms with Crippen LogP contribution in [0.4, 0.5) is 5.69 Å². The quantitative estimate of drug-likeness (QED) is 0.592. The van der Waals surface area contributed by atoms with Gasteiger partial charge in [0.25, 0.3) is 0 Å². The molecular weight excluding hydrogens is 304 g/mol. The van der Waals surface area contributed by atoms with E-state index in [-0.39, 0.29) is 0 Å². The number of nitrogens with one attached hydrogen (secondary N) is 1. The smallest absolute Gasteiger partial charge is 0.193 e. The number of nitrogens with two attached hydrogens (primary N) is 1. The van der Waals surface area contributed by atoms with Gasteiger partial charge in [-0.3, -0.25) is 4.99 Å². The predicted molar refractivity (Wildman–Crippen MR) is 99.1 cm³/mol. The average molecular weight is 334 g/mol. The highest BCUT2D eigenvalue weighted by Crippen LogP contribution is 2.28. The summed E-state index contributed by atoms with van der Waals surface area (Å²) in [5.41, 5.74) is 6.78. The fourth-order valence-corrected chi connectivity index (χ4v) is 2.98. The molecule has 6 heteroatoms. The summed E-state index contributed by atoms with van der Waals surface area (Å²) in [6.07, 6.45) is 3.99. The largest absolute Gasteiger partial charge is 0.497 e. The summed E-state index contributed by atoms with van der Waals surface area (Å²) in [6.45, 7) is 6.43. The number of aliphatic imine (C=N–C) groups is 1. The minimum atomic E-state index is 0.395. The van der Waals surface area contributed by atoms with Crippen molar-refractivity contribution in [2.24, 2.45) is 16.6 Å². The van der Waals surface area contributed by atoms with Crippen LogP contribution in [0.3, 0.4) is 0 Å². The second-order valence-corrected chi connectivity index (χ2v) is 6.38. The van der Waals surface area contributed by atoms with Gasteiger partial charge in [0.15, 0.2) is 5.96 Å². The van der Waals surface area contributed by atoms with Gasteiger partial charge in [0.1, 0.15) is 11.5 Å². The molecule has 1 aromatic rings. The zero-order valence-electron chi connectivity index (χ0n) is 15.0. The van der Waals surface area contributed by atoms with Gasteiger partial charge in [-0.25, -0.2) is 0 Å². The van der Waals surface area contributed by atoms with Gasteiger partial charge >= 0.3 is 0 Å². The van der Waals surface area contributed by atoms with Crippen molar-refractivity contribution in [3.05, 3.63) is 18.2 Å². The Morgan fingerprint density at radius 3 is 2.67 bits per heavy atom. The lowest BCUT2D eigenvalue weighted by Gasteiger charge is -2.28. The number of piperidine rings is 1. The molecule has 134 valence electrons. The first-order valence-corrected chi connectivity index (χ1v) is 8.63. The third-order valence-electron chi connectivity index (χ3n) is 4.26. The van der Waals surface area contributed by atoms with E-state index in [4.69, 9.17) is 15.2 Å². The van der Waals surface area contributed by atoms with Crippen LogP contribution in [0.5, 0.6) is 11.5 Å². The number of hydrogen-bond acceptors (Lipinski definition) is 4. The SMILES string of the molecule is COc1ccc(OC)c(NC(N)=NCC(C)CN2CCCCC2)c1. The molecule has 0 aliphatic carbocycles. The first-order valence-electron chi connectivity index (χ1n) is 8.63. The summed E-state index contributed by atoms with van der Waals surface area (Å²) in [4.78, 5) is 7.00. The molecule has 0 radical (unpaired) electrons. The van der Waals surface area contributed by atoms with Crippen molar-refractivity contribution >= 4 is 11.6 Å². The molecule has 2 rings (SSSR count). The maximum Gasteiger partial charge on any atom is 0.193 e.